The topological polar surface area (TPSA) is 64.0 Å². The summed E-state index contributed by atoms with van der Waals surface area (Å²) in [5, 5.41) is 4.41. The third kappa shape index (κ3) is 2.99. The predicted molar refractivity (Wildman–Crippen MR) is 81.7 cm³/mol. The van der Waals surface area contributed by atoms with E-state index < -0.39 is 15.8 Å². The summed E-state index contributed by atoms with van der Waals surface area (Å²) < 4.78 is 42.1. The van der Waals surface area contributed by atoms with E-state index in [0.717, 1.165) is 43.5 Å². The van der Waals surface area contributed by atoms with Gasteiger partial charge in [0.25, 0.3) is 10.0 Å². The minimum absolute atomic E-state index is 0.0331. The number of benzene rings is 1. The van der Waals surface area contributed by atoms with Gasteiger partial charge in [-0.1, -0.05) is 12.8 Å². The monoisotopic (exact) mass is 323 g/mol. The van der Waals surface area contributed by atoms with Crippen LogP contribution >= 0.6 is 0 Å². The van der Waals surface area contributed by atoms with Crippen molar-refractivity contribution in [2.75, 3.05) is 4.72 Å². The molecule has 1 saturated carbocycles. The van der Waals surface area contributed by atoms with Gasteiger partial charge in [-0.25, -0.2) is 17.5 Å². The minimum atomic E-state index is -3.75. The van der Waals surface area contributed by atoms with Crippen LogP contribution in [0.25, 0.3) is 0 Å². The average Bonchev–Trinajstić information content (AvgIpc) is 3.08. The molecule has 0 radical (unpaired) electrons. The molecular weight excluding hydrogens is 305 g/mol. The second kappa shape index (κ2) is 5.72. The molecule has 22 heavy (non-hydrogen) atoms. The van der Waals surface area contributed by atoms with Crippen molar-refractivity contribution in [2.45, 2.75) is 43.5 Å². The molecule has 3 rings (SSSR count). The maximum Gasteiger partial charge on any atom is 0.263 e. The summed E-state index contributed by atoms with van der Waals surface area (Å²) in [5.41, 5.74) is 0.767. The average molecular weight is 323 g/mol. The number of aryl methyl sites for hydroxylation is 1. The van der Waals surface area contributed by atoms with Gasteiger partial charge in [-0.05, 0) is 44.0 Å². The van der Waals surface area contributed by atoms with E-state index in [1.54, 1.807) is 10.7 Å². The van der Waals surface area contributed by atoms with Crippen LogP contribution in [0.3, 0.4) is 0 Å². The van der Waals surface area contributed by atoms with Gasteiger partial charge in [0, 0.05) is 6.07 Å². The lowest BCUT2D eigenvalue weighted by atomic mass is 10.2. The SMILES string of the molecule is Cc1cc(NS(=O)(=O)c2ccc(F)cc2)n(C2CCCC2)n1. The van der Waals surface area contributed by atoms with Crippen LogP contribution in [0.5, 0.6) is 0 Å². The first-order valence-electron chi connectivity index (χ1n) is 7.30. The van der Waals surface area contributed by atoms with Gasteiger partial charge in [-0.2, -0.15) is 5.10 Å². The zero-order valence-electron chi connectivity index (χ0n) is 12.3. The van der Waals surface area contributed by atoms with Gasteiger partial charge in [0.1, 0.15) is 11.6 Å². The molecule has 1 N–H and O–H groups in total. The van der Waals surface area contributed by atoms with Crippen molar-refractivity contribution in [3.05, 3.63) is 41.8 Å². The number of rotatable bonds is 4. The molecule has 1 heterocycles. The largest absolute Gasteiger partial charge is 0.264 e. The Morgan fingerprint density at radius 2 is 1.86 bits per heavy atom. The Morgan fingerprint density at radius 3 is 2.50 bits per heavy atom. The molecule has 0 saturated heterocycles. The summed E-state index contributed by atoms with van der Waals surface area (Å²) in [4.78, 5) is 0.0331. The van der Waals surface area contributed by atoms with Crippen LogP contribution in [0.2, 0.25) is 0 Å². The van der Waals surface area contributed by atoms with Gasteiger partial charge < -0.3 is 0 Å². The van der Waals surface area contributed by atoms with Crippen molar-refractivity contribution in [1.82, 2.24) is 9.78 Å². The van der Waals surface area contributed by atoms with Crippen molar-refractivity contribution in [3.8, 4) is 0 Å². The number of halogens is 1. The maximum atomic E-state index is 12.9. The lowest BCUT2D eigenvalue weighted by Gasteiger charge is -2.15. The van der Waals surface area contributed by atoms with E-state index in [2.05, 4.69) is 9.82 Å². The zero-order chi connectivity index (χ0) is 15.7. The second-order valence-corrected chi connectivity index (χ2v) is 7.30. The van der Waals surface area contributed by atoms with Crippen molar-refractivity contribution < 1.29 is 12.8 Å². The molecule has 7 heteroatoms. The molecule has 0 unspecified atom stereocenters. The van der Waals surface area contributed by atoms with Crippen LogP contribution in [0, 0.1) is 12.7 Å². The van der Waals surface area contributed by atoms with E-state index in [0.29, 0.717) is 5.82 Å². The smallest absolute Gasteiger partial charge is 0.263 e. The Hall–Kier alpha value is -1.89. The molecule has 1 fully saturated rings. The zero-order valence-corrected chi connectivity index (χ0v) is 13.1. The Labute approximate surface area is 129 Å². The Bertz CT molecular complexity index is 763. The van der Waals surface area contributed by atoms with Gasteiger partial charge in [-0.3, -0.25) is 4.72 Å². The lowest BCUT2D eigenvalue weighted by molar-refractivity contribution is 0.471. The molecule has 1 aromatic carbocycles. The van der Waals surface area contributed by atoms with Crippen molar-refractivity contribution in [3.63, 3.8) is 0 Å². The number of hydrogen-bond acceptors (Lipinski definition) is 3. The molecule has 2 aromatic rings. The highest BCUT2D eigenvalue weighted by Crippen LogP contribution is 2.32. The second-order valence-electron chi connectivity index (χ2n) is 5.61. The number of aromatic nitrogens is 2. The number of anilines is 1. The molecule has 1 aliphatic rings. The molecule has 5 nitrogen and oxygen atoms in total. The van der Waals surface area contributed by atoms with Crippen LogP contribution in [0.1, 0.15) is 37.4 Å². The molecule has 0 bridgehead atoms. The highest BCUT2D eigenvalue weighted by molar-refractivity contribution is 7.92. The molecule has 1 aliphatic carbocycles. The van der Waals surface area contributed by atoms with Crippen molar-refractivity contribution in [1.29, 1.82) is 0 Å². The number of nitrogens with one attached hydrogen (secondary N) is 1. The summed E-state index contributed by atoms with van der Waals surface area (Å²) in [5.74, 6) is -0.000447. The first-order chi connectivity index (χ1) is 10.5. The van der Waals surface area contributed by atoms with Crippen molar-refractivity contribution in [2.24, 2.45) is 0 Å². The summed E-state index contributed by atoms with van der Waals surface area (Å²) in [7, 11) is -3.75. The van der Waals surface area contributed by atoms with E-state index in [4.69, 9.17) is 0 Å². The first-order valence-corrected chi connectivity index (χ1v) is 8.78. The van der Waals surface area contributed by atoms with E-state index >= 15 is 0 Å². The Kier molecular flexibility index (Phi) is 3.90. The van der Waals surface area contributed by atoms with Gasteiger partial charge in [0.05, 0.1) is 16.6 Å². The van der Waals surface area contributed by atoms with Gasteiger partial charge in [0.15, 0.2) is 0 Å². The van der Waals surface area contributed by atoms with E-state index in [1.807, 2.05) is 6.92 Å². The van der Waals surface area contributed by atoms with Gasteiger partial charge in [0.2, 0.25) is 0 Å². The van der Waals surface area contributed by atoms with E-state index in [1.165, 1.54) is 12.1 Å². The molecule has 0 amide bonds. The van der Waals surface area contributed by atoms with Crippen LogP contribution in [0.4, 0.5) is 10.2 Å². The highest BCUT2D eigenvalue weighted by atomic mass is 32.2. The summed E-state index contributed by atoms with van der Waals surface area (Å²) in [6, 6.07) is 6.73. The van der Waals surface area contributed by atoms with Crippen molar-refractivity contribution >= 4 is 15.8 Å². The molecule has 0 atom stereocenters. The lowest BCUT2D eigenvalue weighted by Crippen LogP contribution is -2.18. The summed E-state index contributed by atoms with van der Waals surface area (Å²) in [6.07, 6.45) is 4.28. The first kappa shape index (κ1) is 15.0. The van der Waals surface area contributed by atoms with Gasteiger partial charge >= 0.3 is 0 Å². The quantitative estimate of drug-likeness (QED) is 0.939. The fourth-order valence-electron chi connectivity index (χ4n) is 2.83. The van der Waals surface area contributed by atoms with E-state index in [-0.39, 0.29) is 10.9 Å². The molecular formula is C15H18FN3O2S. The normalized spacial score (nSPS) is 16.1. The van der Waals surface area contributed by atoms with Crippen LogP contribution in [-0.4, -0.2) is 18.2 Å². The van der Waals surface area contributed by atoms with Gasteiger partial charge in [-0.15, -0.1) is 0 Å². The summed E-state index contributed by atoms with van der Waals surface area (Å²) in [6.45, 7) is 1.83. The predicted octanol–water partition coefficient (Wildman–Crippen LogP) is 3.25. The summed E-state index contributed by atoms with van der Waals surface area (Å²) >= 11 is 0. The fourth-order valence-corrected chi connectivity index (χ4v) is 3.87. The minimum Gasteiger partial charge on any atom is -0.264 e. The van der Waals surface area contributed by atoms with Crippen LogP contribution < -0.4 is 4.72 Å². The Balaban J connectivity index is 1.90. The van der Waals surface area contributed by atoms with Crippen LogP contribution in [0.15, 0.2) is 35.2 Å². The maximum absolute atomic E-state index is 12.9. The molecule has 1 aromatic heterocycles. The standard InChI is InChI=1S/C15H18FN3O2S/c1-11-10-15(19(17-11)13-4-2-3-5-13)18-22(20,21)14-8-6-12(16)7-9-14/h6-10,13,18H,2-5H2,1H3. The van der Waals surface area contributed by atoms with Crippen LogP contribution in [-0.2, 0) is 10.0 Å². The van der Waals surface area contributed by atoms with E-state index in [9.17, 15) is 12.8 Å². The number of nitrogens with zero attached hydrogens (tertiary/aromatic N) is 2. The number of sulfonamides is 1. The Morgan fingerprint density at radius 1 is 1.23 bits per heavy atom. The molecule has 118 valence electrons. The number of hydrogen-bond donors (Lipinski definition) is 1. The third-order valence-electron chi connectivity index (χ3n) is 3.89. The molecule has 0 aliphatic heterocycles. The third-order valence-corrected chi connectivity index (χ3v) is 5.26. The highest BCUT2D eigenvalue weighted by Gasteiger charge is 2.23. The molecule has 0 spiro atoms. The fraction of sp³-hybridized carbons (Fsp3) is 0.400.